The van der Waals surface area contributed by atoms with Gasteiger partial charge in [0, 0.05) is 43.4 Å². The van der Waals surface area contributed by atoms with E-state index in [9.17, 15) is 13.0 Å². The van der Waals surface area contributed by atoms with Gasteiger partial charge in [-0.1, -0.05) is 91.0 Å². The first-order valence-corrected chi connectivity index (χ1v) is 14.9. The molecule has 0 aliphatic carbocycles. The zero-order valence-electron chi connectivity index (χ0n) is 22.6. The Kier molecular flexibility index (Phi) is 6.38. The summed E-state index contributed by atoms with van der Waals surface area (Å²) in [5.74, 6) is 0. The number of rotatable bonds is 5. The van der Waals surface area contributed by atoms with Crippen LogP contribution in [0.1, 0.15) is 0 Å². The van der Waals surface area contributed by atoms with Gasteiger partial charge in [0.15, 0.2) is 0 Å². The van der Waals surface area contributed by atoms with Crippen molar-refractivity contribution in [3.05, 3.63) is 121 Å². The molecular weight excluding hydrogens is 558 g/mol. The van der Waals surface area contributed by atoms with Crippen LogP contribution >= 0.6 is 0 Å². The largest absolute Gasteiger partial charge is 0.398 e. The third-order valence-corrected chi connectivity index (χ3v) is 8.35. The number of hydrogen-bond acceptors (Lipinski definition) is 7. The molecule has 0 fully saturated rings. The van der Waals surface area contributed by atoms with E-state index in [0.717, 1.165) is 32.3 Å². The van der Waals surface area contributed by atoms with E-state index in [1.165, 1.54) is 6.07 Å². The first kappa shape index (κ1) is 26.4. The van der Waals surface area contributed by atoms with E-state index in [4.69, 9.17) is 16.0 Å². The fourth-order valence-electron chi connectivity index (χ4n) is 5.43. The van der Waals surface area contributed by atoms with Crippen LogP contribution in [0, 0.1) is 0 Å². The van der Waals surface area contributed by atoms with Crippen molar-refractivity contribution >= 4 is 81.6 Å². The number of anilines is 1. The van der Waals surface area contributed by atoms with Gasteiger partial charge in [0.2, 0.25) is 0 Å². The number of nitrogen functional groups attached to an aromatic ring is 1. The van der Waals surface area contributed by atoms with Crippen LogP contribution in [0.2, 0.25) is 0 Å². The zero-order chi connectivity index (χ0) is 29.6. The fourth-order valence-corrected chi connectivity index (χ4v) is 6.14. The molecule has 0 spiro atoms. The third kappa shape index (κ3) is 4.76. The summed E-state index contributed by atoms with van der Waals surface area (Å²) >= 11 is 0. The average Bonchev–Trinajstić information content (AvgIpc) is 3.02. The summed E-state index contributed by atoms with van der Waals surface area (Å²) in [6, 6.07) is 37.0. The first-order chi connectivity index (χ1) is 20.9. The highest BCUT2D eigenvalue weighted by atomic mass is 32.2. The van der Waals surface area contributed by atoms with Crippen molar-refractivity contribution in [1.29, 1.82) is 0 Å². The summed E-state index contributed by atoms with van der Waals surface area (Å²) in [5.41, 5.74) is 9.38. The van der Waals surface area contributed by atoms with Crippen molar-refractivity contribution in [3.8, 4) is 0 Å². The molecule has 0 aliphatic heterocycles. The Hall–Kier alpha value is -5.51. The number of fused-ring (bicyclic) bond motifs is 4. The van der Waals surface area contributed by atoms with Gasteiger partial charge in [0.25, 0.3) is 10.1 Å². The second kappa shape index (κ2) is 10.4. The average molecular weight is 582 g/mol. The van der Waals surface area contributed by atoms with Crippen molar-refractivity contribution in [2.75, 3.05) is 5.73 Å². The Labute approximate surface area is 246 Å². The summed E-state index contributed by atoms with van der Waals surface area (Å²) < 4.78 is 33.6. The number of nitrogens with two attached hydrogens (primary N) is 1. The molecule has 7 rings (SSSR count). The van der Waals surface area contributed by atoms with Crippen molar-refractivity contribution < 1.29 is 13.0 Å². The van der Waals surface area contributed by atoms with Gasteiger partial charge in [-0.2, -0.15) is 13.5 Å². The van der Waals surface area contributed by atoms with Crippen LogP contribution < -0.4 is 5.73 Å². The van der Waals surface area contributed by atoms with Gasteiger partial charge in [-0.15, -0.1) is 15.3 Å². The Balaban J connectivity index is 1.39. The minimum atomic E-state index is -4.41. The van der Waals surface area contributed by atoms with Crippen LogP contribution in [0.15, 0.2) is 147 Å². The third-order valence-electron chi connectivity index (χ3n) is 7.43. The maximum absolute atomic E-state index is 12.0. The molecule has 9 heteroatoms. The quantitative estimate of drug-likeness (QED) is 0.0906. The van der Waals surface area contributed by atoms with Crippen LogP contribution in [-0.2, 0) is 10.1 Å². The molecule has 0 saturated heterocycles. The van der Waals surface area contributed by atoms with E-state index in [2.05, 4.69) is 10.2 Å². The smallest absolute Gasteiger partial charge is 0.295 e. The predicted molar refractivity (Wildman–Crippen MR) is 172 cm³/mol. The maximum Gasteiger partial charge on any atom is 0.295 e. The van der Waals surface area contributed by atoms with Gasteiger partial charge in [0.1, 0.15) is 16.3 Å². The normalized spacial score (nSPS) is 12.4. The molecule has 0 saturated carbocycles. The van der Waals surface area contributed by atoms with E-state index in [0.29, 0.717) is 39.2 Å². The first-order valence-electron chi connectivity index (χ1n) is 13.4. The molecule has 0 amide bonds. The second-order valence-electron chi connectivity index (χ2n) is 10.0. The summed E-state index contributed by atoms with van der Waals surface area (Å²) in [7, 11) is -4.41. The number of hydrogen-bond donors (Lipinski definition) is 2. The molecule has 0 heterocycles. The van der Waals surface area contributed by atoms with E-state index < -0.39 is 10.1 Å². The summed E-state index contributed by atoms with van der Waals surface area (Å²) in [4.78, 5) is -0.179. The number of benzene rings is 7. The lowest BCUT2D eigenvalue weighted by atomic mass is 9.99. The molecule has 0 radical (unpaired) electrons. The molecule has 0 unspecified atom stereocenters. The molecular formula is C34H23N5O3S. The summed E-state index contributed by atoms with van der Waals surface area (Å²) in [5, 5.41) is 24.8. The van der Waals surface area contributed by atoms with Gasteiger partial charge < -0.3 is 5.73 Å². The molecule has 43 heavy (non-hydrogen) atoms. The lowest BCUT2D eigenvalue weighted by Crippen LogP contribution is -1.98. The second-order valence-corrected chi connectivity index (χ2v) is 11.4. The summed E-state index contributed by atoms with van der Waals surface area (Å²) in [6.45, 7) is 0. The minimum Gasteiger partial charge on any atom is -0.398 e. The van der Waals surface area contributed by atoms with Crippen molar-refractivity contribution in [1.82, 2.24) is 0 Å². The van der Waals surface area contributed by atoms with E-state index >= 15 is 0 Å². The Morgan fingerprint density at radius 3 is 1.72 bits per heavy atom. The molecule has 0 bridgehead atoms. The fraction of sp³-hybridized carbons (Fsp3) is 0. The number of azo groups is 2. The molecule has 7 aromatic rings. The highest BCUT2D eigenvalue weighted by Gasteiger charge is 2.16. The van der Waals surface area contributed by atoms with Crippen molar-refractivity contribution in [2.45, 2.75) is 4.90 Å². The van der Waals surface area contributed by atoms with E-state index in [-0.39, 0.29) is 4.90 Å². The number of nitrogens with zero attached hydrogens (tertiary/aromatic N) is 4. The van der Waals surface area contributed by atoms with Crippen LogP contribution in [0.3, 0.4) is 0 Å². The van der Waals surface area contributed by atoms with Gasteiger partial charge in [-0.3, -0.25) is 4.55 Å². The lowest BCUT2D eigenvalue weighted by Gasteiger charge is -2.11. The summed E-state index contributed by atoms with van der Waals surface area (Å²) in [6.07, 6.45) is 0. The van der Waals surface area contributed by atoms with Gasteiger partial charge >= 0.3 is 0 Å². The van der Waals surface area contributed by atoms with Gasteiger partial charge in [-0.25, -0.2) is 0 Å². The maximum atomic E-state index is 12.0. The topological polar surface area (TPSA) is 130 Å². The SMILES string of the molecule is Nc1cccc2ccc(N=Nc3c4ccccc4c(N=Nc4cccc5c(S(=O)(=O)O)cccc45)c4ccccc34)cc12. The van der Waals surface area contributed by atoms with Crippen LogP contribution in [0.5, 0.6) is 0 Å². The van der Waals surface area contributed by atoms with Crippen molar-refractivity contribution in [2.24, 2.45) is 20.5 Å². The van der Waals surface area contributed by atoms with E-state index in [1.54, 1.807) is 30.3 Å². The van der Waals surface area contributed by atoms with Crippen LogP contribution in [-0.4, -0.2) is 13.0 Å². The molecule has 208 valence electrons. The standard InChI is InChI=1S/C34H23N5O3S/c35-30-15-5-8-21-18-19-22(20-29(21)30)36-38-33-25-9-1-3-11-27(25)34(28-12-4-2-10-26(28)33)39-37-31-16-6-14-24-23(31)13-7-17-32(24)43(40,41)42/h1-20H,35H2,(H,40,41,42). The molecule has 0 atom stereocenters. The Morgan fingerprint density at radius 1 is 0.512 bits per heavy atom. The van der Waals surface area contributed by atoms with Gasteiger partial charge in [-0.05, 0) is 35.7 Å². The highest BCUT2D eigenvalue weighted by molar-refractivity contribution is 7.86. The van der Waals surface area contributed by atoms with Crippen LogP contribution in [0.4, 0.5) is 28.4 Å². The van der Waals surface area contributed by atoms with E-state index in [1.807, 2.05) is 84.9 Å². The Bertz CT molecular complexity index is 2350. The van der Waals surface area contributed by atoms with Gasteiger partial charge in [0.05, 0.1) is 11.4 Å². The molecule has 0 aromatic heterocycles. The lowest BCUT2D eigenvalue weighted by molar-refractivity contribution is 0.484. The van der Waals surface area contributed by atoms with Crippen LogP contribution in [0.25, 0.3) is 43.1 Å². The molecule has 3 N–H and O–H groups in total. The predicted octanol–water partition coefficient (Wildman–Crippen LogP) is 9.96. The Morgan fingerprint density at radius 2 is 1.07 bits per heavy atom. The molecule has 8 nitrogen and oxygen atoms in total. The molecule has 7 aromatic carbocycles. The zero-order valence-corrected chi connectivity index (χ0v) is 23.4. The molecule has 0 aliphatic rings. The van der Waals surface area contributed by atoms with Crippen molar-refractivity contribution in [3.63, 3.8) is 0 Å². The minimum absolute atomic E-state index is 0.179. The highest BCUT2D eigenvalue weighted by Crippen LogP contribution is 2.44. The monoisotopic (exact) mass is 581 g/mol.